The Balaban J connectivity index is 1.71. The summed E-state index contributed by atoms with van der Waals surface area (Å²) in [5, 5.41) is 0. The van der Waals surface area contributed by atoms with Gasteiger partial charge in [-0.3, -0.25) is 9.78 Å². The van der Waals surface area contributed by atoms with Crippen molar-refractivity contribution in [3.63, 3.8) is 0 Å². The number of carbonyl (C=O) groups is 1. The van der Waals surface area contributed by atoms with E-state index in [1.54, 1.807) is 24.5 Å². The van der Waals surface area contributed by atoms with Gasteiger partial charge in [0.15, 0.2) is 0 Å². The van der Waals surface area contributed by atoms with E-state index in [1.165, 1.54) is 0 Å². The van der Waals surface area contributed by atoms with Crippen molar-refractivity contribution in [2.75, 3.05) is 26.3 Å². The van der Waals surface area contributed by atoms with Crippen LogP contribution < -0.4 is 0 Å². The SMILES string of the molecule is Cc1cc(C)nc(C[C@H]2COCCN(C(=O)c3cccnc3)C2)n1. The first-order valence-electron chi connectivity index (χ1n) is 8.20. The van der Waals surface area contributed by atoms with Gasteiger partial charge in [0.1, 0.15) is 5.82 Å². The minimum absolute atomic E-state index is 0.0000545. The Kier molecular flexibility index (Phi) is 5.15. The second-order valence-corrected chi connectivity index (χ2v) is 6.20. The normalized spacial score (nSPS) is 18.2. The molecule has 6 nitrogen and oxygen atoms in total. The molecule has 1 saturated heterocycles. The maximum atomic E-state index is 12.7. The summed E-state index contributed by atoms with van der Waals surface area (Å²) in [5.74, 6) is 1.01. The highest BCUT2D eigenvalue weighted by Gasteiger charge is 2.24. The third kappa shape index (κ3) is 4.14. The number of aryl methyl sites for hydroxylation is 2. The number of hydrogen-bond acceptors (Lipinski definition) is 5. The maximum Gasteiger partial charge on any atom is 0.255 e. The first-order chi connectivity index (χ1) is 11.6. The third-order valence-corrected chi connectivity index (χ3v) is 4.03. The van der Waals surface area contributed by atoms with Gasteiger partial charge in [0, 0.05) is 49.2 Å². The van der Waals surface area contributed by atoms with E-state index in [4.69, 9.17) is 4.74 Å². The van der Waals surface area contributed by atoms with Crippen LogP contribution in [-0.4, -0.2) is 52.1 Å². The van der Waals surface area contributed by atoms with Crippen LogP contribution in [0.15, 0.2) is 30.6 Å². The Morgan fingerprint density at radius 2 is 2.12 bits per heavy atom. The summed E-state index contributed by atoms with van der Waals surface area (Å²) in [6, 6.07) is 5.54. The van der Waals surface area contributed by atoms with Crippen LogP contribution in [0.3, 0.4) is 0 Å². The summed E-state index contributed by atoms with van der Waals surface area (Å²) in [5.41, 5.74) is 2.55. The molecule has 1 aliphatic rings. The van der Waals surface area contributed by atoms with E-state index in [2.05, 4.69) is 15.0 Å². The second-order valence-electron chi connectivity index (χ2n) is 6.20. The molecule has 2 aromatic rings. The molecule has 1 fully saturated rings. The molecule has 24 heavy (non-hydrogen) atoms. The Morgan fingerprint density at radius 3 is 2.83 bits per heavy atom. The largest absolute Gasteiger partial charge is 0.379 e. The van der Waals surface area contributed by atoms with Crippen LogP contribution in [0.2, 0.25) is 0 Å². The molecular weight excluding hydrogens is 304 g/mol. The summed E-state index contributed by atoms with van der Waals surface area (Å²) in [6.45, 7) is 6.35. The van der Waals surface area contributed by atoms with E-state index < -0.39 is 0 Å². The van der Waals surface area contributed by atoms with Crippen LogP contribution in [-0.2, 0) is 11.2 Å². The average Bonchev–Trinajstić information content (AvgIpc) is 2.79. The second kappa shape index (κ2) is 7.49. The van der Waals surface area contributed by atoms with E-state index in [-0.39, 0.29) is 11.8 Å². The van der Waals surface area contributed by atoms with Crippen LogP contribution >= 0.6 is 0 Å². The van der Waals surface area contributed by atoms with E-state index in [1.807, 2.05) is 24.8 Å². The van der Waals surface area contributed by atoms with Gasteiger partial charge in [0.05, 0.1) is 18.8 Å². The number of ether oxygens (including phenoxy) is 1. The topological polar surface area (TPSA) is 68.2 Å². The minimum Gasteiger partial charge on any atom is -0.379 e. The van der Waals surface area contributed by atoms with Crippen LogP contribution in [0.1, 0.15) is 27.6 Å². The van der Waals surface area contributed by atoms with Crippen LogP contribution in [0.25, 0.3) is 0 Å². The molecule has 0 bridgehead atoms. The lowest BCUT2D eigenvalue weighted by atomic mass is 10.0. The van der Waals surface area contributed by atoms with Crippen molar-refractivity contribution in [1.29, 1.82) is 0 Å². The van der Waals surface area contributed by atoms with Gasteiger partial charge < -0.3 is 9.64 Å². The molecule has 126 valence electrons. The third-order valence-electron chi connectivity index (χ3n) is 4.03. The van der Waals surface area contributed by atoms with Gasteiger partial charge in [-0.1, -0.05) is 0 Å². The number of hydrogen-bond donors (Lipinski definition) is 0. The van der Waals surface area contributed by atoms with E-state index in [0.29, 0.717) is 38.3 Å². The fraction of sp³-hybridized carbons (Fsp3) is 0.444. The predicted molar refractivity (Wildman–Crippen MR) is 89.7 cm³/mol. The molecular formula is C18H22N4O2. The molecule has 3 heterocycles. The van der Waals surface area contributed by atoms with Gasteiger partial charge in [-0.2, -0.15) is 0 Å². The number of nitrogens with zero attached hydrogens (tertiary/aromatic N) is 4. The first kappa shape index (κ1) is 16.5. The summed E-state index contributed by atoms with van der Waals surface area (Å²) in [4.78, 5) is 27.5. The Hall–Kier alpha value is -2.34. The van der Waals surface area contributed by atoms with Gasteiger partial charge in [-0.25, -0.2) is 9.97 Å². The molecule has 0 aromatic carbocycles. The van der Waals surface area contributed by atoms with Crippen molar-refractivity contribution in [3.8, 4) is 0 Å². The Labute approximate surface area is 141 Å². The maximum absolute atomic E-state index is 12.7. The van der Waals surface area contributed by atoms with Crippen molar-refractivity contribution in [2.24, 2.45) is 5.92 Å². The lowest BCUT2D eigenvalue weighted by Gasteiger charge is -2.23. The Morgan fingerprint density at radius 1 is 1.33 bits per heavy atom. The molecule has 1 atom stereocenters. The molecule has 2 aromatic heterocycles. The summed E-state index contributed by atoms with van der Waals surface area (Å²) in [6.07, 6.45) is 3.98. The molecule has 3 rings (SSSR count). The highest BCUT2D eigenvalue weighted by molar-refractivity contribution is 5.93. The molecule has 0 aliphatic carbocycles. The van der Waals surface area contributed by atoms with E-state index in [9.17, 15) is 4.79 Å². The van der Waals surface area contributed by atoms with Crippen LogP contribution in [0.4, 0.5) is 0 Å². The number of amides is 1. The highest BCUT2D eigenvalue weighted by atomic mass is 16.5. The fourth-order valence-corrected chi connectivity index (χ4v) is 3.01. The monoisotopic (exact) mass is 326 g/mol. The van der Waals surface area contributed by atoms with E-state index in [0.717, 1.165) is 17.2 Å². The molecule has 1 amide bonds. The van der Waals surface area contributed by atoms with Crippen molar-refractivity contribution in [1.82, 2.24) is 19.9 Å². The molecule has 0 N–H and O–H groups in total. The van der Waals surface area contributed by atoms with Crippen molar-refractivity contribution in [3.05, 3.63) is 53.4 Å². The van der Waals surface area contributed by atoms with Crippen molar-refractivity contribution < 1.29 is 9.53 Å². The first-order valence-corrected chi connectivity index (χ1v) is 8.20. The van der Waals surface area contributed by atoms with Crippen LogP contribution in [0.5, 0.6) is 0 Å². The molecule has 0 spiro atoms. The molecule has 6 heteroatoms. The van der Waals surface area contributed by atoms with Crippen molar-refractivity contribution in [2.45, 2.75) is 20.3 Å². The molecule has 0 saturated carbocycles. The summed E-state index contributed by atoms with van der Waals surface area (Å²) < 4.78 is 5.69. The van der Waals surface area contributed by atoms with Gasteiger partial charge in [0.25, 0.3) is 5.91 Å². The molecule has 0 unspecified atom stereocenters. The molecule has 1 aliphatic heterocycles. The minimum atomic E-state index is -0.0000545. The predicted octanol–water partition coefficient (Wildman–Crippen LogP) is 1.82. The van der Waals surface area contributed by atoms with Gasteiger partial charge >= 0.3 is 0 Å². The quantitative estimate of drug-likeness (QED) is 0.860. The lowest BCUT2D eigenvalue weighted by Crippen LogP contribution is -2.36. The number of aromatic nitrogens is 3. The lowest BCUT2D eigenvalue weighted by molar-refractivity contribution is 0.0736. The average molecular weight is 326 g/mol. The van der Waals surface area contributed by atoms with Gasteiger partial charge in [-0.05, 0) is 32.0 Å². The van der Waals surface area contributed by atoms with E-state index >= 15 is 0 Å². The zero-order valence-corrected chi connectivity index (χ0v) is 14.1. The van der Waals surface area contributed by atoms with Crippen LogP contribution in [0, 0.1) is 19.8 Å². The number of pyridine rings is 1. The summed E-state index contributed by atoms with van der Waals surface area (Å²) >= 11 is 0. The van der Waals surface area contributed by atoms with Gasteiger partial charge in [-0.15, -0.1) is 0 Å². The number of carbonyl (C=O) groups excluding carboxylic acids is 1. The smallest absolute Gasteiger partial charge is 0.255 e. The summed E-state index contributed by atoms with van der Waals surface area (Å²) in [7, 11) is 0. The van der Waals surface area contributed by atoms with Crippen molar-refractivity contribution >= 4 is 5.91 Å². The molecule has 0 radical (unpaired) electrons. The highest BCUT2D eigenvalue weighted by Crippen LogP contribution is 2.15. The Bertz CT molecular complexity index is 685. The number of rotatable bonds is 3. The zero-order chi connectivity index (χ0) is 16.9. The zero-order valence-electron chi connectivity index (χ0n) is 14.1. The standard InChI is InChI=1S/C18H22N4O2/c1-13-8-14(2)21-17(20-13)9-15-11-22(6-7-24-12-15)18(23)16-4-3-5-19-10-16/h3-5,8,10,15H,6-7,9,11-12H2,1-2H3/t15-/m1/s1. The fourth-order valence-electron chi connectivity index (χ4n) is 3.01. The van der Waals surface area contributed by atoms with Gasteiger partial charge in [0.2, 0.25) is 0 Å².